The summed E-state index contributed by atoms with van der Waals surface area (Å²) in [6.07, 6.45) is 3.77. The maximum absolute atomic E-state index is 9.62. The molecule has 1 aromatic rings. The lowest BCUT2D eigenvalue weighted by Gasteiger charge is -2.14. The fraction of sp³-hybridized carbons (Fsp3) is 0.467. The van der Waals surface area contributed by atoms with Crippen LogP contribution in [0, 0.1) is 5.92 Å². The topological polar surface area (TPSA) is 41.5 Å². The van der Waals surface area contributed by atoms with Crippen molar-refractivity contribution in [1.82, 2.24) is 5.32 Å². The predicted molar refractivity (Wildman–Crippen MR) is 75.7 cm³/mol. The summed E-state index contributed by atoms with van der Waals surface area (Å²) in [4.78, 5) is 0. The minimum Gasteiger partial charge on any atom is -0.496 e. The van der Waals surface area contributed by atoms with Crippen molar-refractivity contribution >= 4 is 6.08 Å². The van der Waals surface area contributed by atoms with Crippen LogP contribution in [-0.2, 0) is 0 Å². The average molecular weight is 249 g/mol. The summed E-state index contributed by atoms with van der Waals surface area (Å²) < 4.78 is 5.26. The molecular formula is C15H23NO2. The van der Waals surface area contributed by atoms with E-state index in [1.165, 1.54) is 0 Å². The number of rotatable bonds is 7. The second-order valence-corrected chi connectivity index (χ2v) is 4.61. The largest absolute Gasteiger partial charge is 0.496 e. The first-order valence-corrected chi connectivity index (χ1v) is 6.33. The molecule has 0 heterocycles. The minimum atomic E-state index is -0.287. The molecule has 3 nitrogen and oxygen atoms in total. The van der Waals surface area contributed by atoms with Crippen molar-refractivity contribution in [2.45, 2.75) is 20.0 Å². The molecule has 1 unspecified atom stereocenters. The van der Waals surface area contributed by atoms with Gasteiger partial charge in [-0.3, -0.25) is 0 Å². The SMILES string of the molecule is COc1ccccc1/C=C/CNCC(O)C(C)C. The number of ether oxygens (including phenoxy) is 1. The standard InChI is InChI=1S/C15H23NO2/c1-12(2)14(17)11-16-10-6-8-13-7-4-5-9-15(13)18-3/h4-9,12,14,16-17H,10-11H2,1-3H3/b8-6+. The summed E-state index contributed by atoms with van der Waals surface area (Å²) in [6, 6.07) is 7.89. The van der Waals surface area contributed by atoms with Crippen LogP contribution in [0.3, 0.4) is 0 Å². The number of methoxy groups -OCH3 is 1. The number of hydrogen-bond acceptors (Lipinski definition) is 3. The second-order valence-electron chi connectivity index (χ2n) is 4.61. The Kier molecular flexibility index (Phi) is 6.47. The number of nitrogens with one attached hydrogen (secondary N) is 1. The van der Waals surface area contributed by atoms with Crippen molar-refractivity contribution in [3.63, 3.8) is 0 Å². The van der Waals surface area contributed by atoms with Gasteiger partial charge in [-0.2, -0.15) is 0 Å². The van der Waals surface area contributed by atoms with Crippen LogP contribution in [0.25, 0.3) is 6.08 Å². The zero-order valence-electron chi connectivity index (χ0n) is 11.4. The molecule has 0 fully saturated rings. The first-order chi connectivity index (χ1) is 8.65. The van der Waals surface area contributed by atoms with Gasteiger partial charge in [-0.15, -0.1) is 0 Å². The van der Waals surface area contributed by atoms with Gasteiger partial charge >= 0.3 is 0 Å². The summed E-state index contributed by atoms with van der Waals surface area (Å²) in [6.45, 7) is 5.38. The van der Waals surface area contributed by atoms with Gasteiger partial charge in [-0.1, -0.05) is 44.2 Å². The Balaban J connectivity index is 2.37. The Labute approximate surface area is 109 Å². The zero-order chi connectivity index (χ0) is 13.4. The van der Waals surface area contributed by atoms with E-state index in [1.54, 1.807) is 7.11 Å². The second kappa shape index (κ2) is 7.90. The summed E-state index contributed by atoms with van der Waals surface area (Å²) >= 11 is 0. The van der Waals surface area contributed by atoms with E-state index in [9.17, 15) is 5.11 Å². The van der Waals surface area contributed by atoms with Gasteiger partial charge in [-0.25, -0.2) is 0 Å². The van der Waals surface area contributed by atoms with E-state index >= 15 is 0 Å². The van der Waals surface area contributed by atoms with Crippen molar-refractivity contribution in [2.24, 2.45) is 5.92 Å². The highest BCUT2D eigenvalue weighted by Gasteiger charge is 2.06. The van der Waals surface area contributed by atoms with Crippen LogP contribution in [0.15, 0.2) is 30.3 Å². The Bertz CT molecular complexity index is 375. The van der Waals surface area contributed by atoms with E-state index in [4.69, 9.17) is 4.74 Å². The van der Waals surface area contributed by atoms with Crippen molar-refractivity contribution in [2.75, 3.05) is 20.2 Å². The van der Waals surface area contributed by atoms with Crippen molar-refractivity contribution in [3.8, 4) is 5.75 Å². The molecule has 0 spiro atoms. The van der Waals surface area contributed by atoms with Gasteiger partial charge in [-0.05, 0) is 12.0 Å². The zero-order valence-corrected chi connectivity index (χ0v) is 11.4. The first-order valence-electron chi connectivity index (χ1n) is 6.33. The summed E-state index contributed by atoms with van der Waals surface area (Å²) in [5.41, 5.74) is 1.06. The molecule has 1 atom stereocenters. The maximum atomic E-state index is 9.62. The van der Waals surface area contributed by atoms with Gasteiger partial charge in [0.15, 0.2) is 0 Å². The quantitative estimate of drug-likeness (QED) is 0.729. The number of para-hydroxylation sites is 1. The van der Waals surface area contributed by atoms with Crippen molar-refractivity contribution in [1.29, 1.82) is 0 Å². The molecule has 18 heavy (non-hydrogen) atoms. The highest BCUT2D eigenvalue weighted by molar-refractivity contribution is 5.57. The highest BCUT2D eigenvalue weighted by Crippen LogP contribution is 2.18. The number of aliphatic hydroxyl groups is 1. The van der Waals surface area contributed by atoms with E-state index in [0.717, 1.165) is 17.9 Å². The fourth-order valence-electron chi connectivity index (χ4n) is 1.54. The van der Waals surface area contributed by atoms with Crippen molar-refractivity contribution < 1.29 is 9.84 Å². The van der Waals surface area contributed by atoms with E-state index in [0.29, 0.717) is 6.54 Å². The molecule has 2 N–H and O–H groups in total. The Morgan fingerprint density at radius 1 is 1.33 bits per heavy atom. The molecule has 1 aromatic carbocycles. The summed E-state index contributed by atoms with van der Waals surface area (Å²) in [7, 11) is 1.67. The molecule has 0 saturated heterocycles. The molecule has 0 aliphatic heterocycles. The van der Waals surface area contributed by atoms with Crippen LogP contribution in [0.1, 0.15) is 19.4 Å². The minimum absolute atomic E-state index is 0.287. The van der Waals surface area contributed by atoms with Crippen LogP contribution in [-0.4, -0.2) is 31.4 Å². The molecule has 0 aliphatic carbocycles. The normalized spacial score (nSPS) is 13.2. The van der Waals surface area contributed by atoms with Crippen LogP contribution < -0.4 is 10.1 Å². The third kappa shape index (κ3) is 4.90. The lowest BCUT2D eigenvalue weighted by Crippen LogP contribution is -2.30. The van der Waals surface area contributed by atoms with E-state index in [-0.39, 0.29) is 12.0 Å². The average Bonchev–Trinajstić information content (AvgIpc) is 2.38. The van der Waals surface area contributed by atoms with Gasteiger partial charge in [0.05, 0.1) is 13.2 Å². The molecule has 1 rings (SSSR count). The third-order valence-electron chi connectivity index (χ3n) is 2.82. The van der Waals surface area contributed by atoms with Gasteiger partial charge in [0.1, 0.15) is 5.75 Å². The predicted octanol–water partition coefficient (Wildman–Crippen LogP) is 2.31. The van der Waals surface area contributed by atoms with Crippen molar-refractivity contribution in [3.05, 3.63) is 35.9 Å². The highest BCUT2D eigenvalue weighted by atomic mass is 16.5. The van der Waals surface area contributed by atoms with Crippen LogP contribution in [0.2, 0.25) is 0 Å². The van der Waals surface area contributed by atoms with Gasteiger partial charge in [0, 0.05) is 18.7 Å². The number of benzene rings is 1. The van der Waals surface area contributed by atoms with Crippen LogP contribution >= 0.6 is 0 Å². The smallest absolute Gasteiger partial charge is 0.126 e. The molecular weight excluding hydrogens is 226 g/mol. The van der Waals surface area contributed by atoms with E-state index in [2.05, 4.69) is 5.32 Å². The van der Waals surface area contributed by atoms with Gasteiger partial charge in [0.2, 0.25) is 0 Å². The summed E-state index contributed by atoms with van der Waals surface area (Å²) in [5.74, 6) is 1.16. The fourth-order valence-corrected chi connectivity index (χ4v) is 1.54. The molecule has 0 aromatic heterocycles. The van der Waals surface area contributed by atoms with Crippen LogP contribution in [0.4, 0.5) is 0 Å². The van der Waals surface area contributed by atoms with E-state index in [1.807, 2.05) is 50.3 Å². The molecule has 3 heteroatoms. The molecule has 0 bridgehead atoms. The van der Waals surface area contributed by atoms with E-state index < -0.39 is 0 Å². The molecule has 0 amide bonds. The lowest BCUT2D eigenvalue weighted by molar-refractivity contribution is 0.125. The number of aliphatic hydroxyl groups excluding tert-OH is 1. The Hall–Kier alpha value is -1.32. The first kappa shape index (κ1) is 14.7. The van der Waals surface area contributed by atoms with Gasteiger partial charge < -0.3 is 15.2 Å². The molecule has 0 radical (unpaired) electrons. The molecule has 100 valence electrons. The Morgan fingerprint density at radius 3 is 2.72 bits per heavy atom. The molecule has 0 saturated carbocycles. The third-order valence-corrected chi connectivity index (χ3v) is 2.82. The van der Waals surface area contributed by atoms with Crippen LogP contribution in [0.5, 0.6) is 5.75 Å². The lowest BCUT2D eigenvalue weighted by atomic mass is 10.1. The monoisotopic (exact) mass is 249 g/mol. The Morgan fingerprint density at radius 2 is 2.06 bits per heavy atom. The number of hydrogen-bond donors (Lipinski definition) is 2. The summed E-state index contributed by atoms with van der Waals surface area (Å²) in [5, 5.41) is 12.8. The molecule has 0 aliphatic rings. The van der Waals surface area contributed by atoms with Gasteiger partial charge in [0.25, 0.3) is 0 Å². The maximum Gasteiger partial charge on any atom is 0.126 e.